The van der Waals surface area contributed by atoms with E-state index in [1.165, 1.54) is 5.56 Å². The molecule has 0 unspecified atom stereocenters. The molecule has 0 spiro atoms. The Morgan fingerprint density at radius 2 is 2.06 bits per heavy atom. The molecule has 0 bridgehead atoms. The summed E-state index contributed by atoms with van der Waals surface area (Å²) < 4.78 is 5.40. The van der Waals surface area contributed by atoms with Crippen molar-refractivity contribution in [2.24, 2.45) is 0 Å². The van der Waals surface area contributed by atoms with Crippen molar-refractivity contribution in [3.8, 4) is 11.3 Å². The zero-order valence-corrected chi connectivity index (χ0v) is 10.0. The largest absolute Gasteiger partial charge is 0.453 e. The fraction of sp³-hybridized carbons (Fsp3) is 0.214. The number of nitrogens with zero attached hydrogens (tertiary/aromatic N) is 1. The van der Waals surface area contributed by atoms with Gasteiger partial charge in [-0.25, -0.2) is 0 Å². The Bertz CT molecular complexity index is 514. The van der Waals surface area contributed by atoms with E-state index in [9.17, 15) is 4.79 Å². The lowest BCUT2D eigenvalue weighted by atomic mass is 10.1. The smallest absolute Gasteiger partial charge is 0.185 e. The number of rotatable bonds is 4. The maximum absolute atomic E-state index is 10.6. The lowest BCUT2D eigenvalue weighted by Crippen LogP contribution is -2.10. The van der Waals surface area contributed by atoms with Crippen molar-refractivity contribution in [2.75, 3.05) is 14.1 Å². The summed E-state index contributed by atoms with van der Waals surface area (Å²) in [6.07, 6.45) is 0.715. The second-order valence-electron chi connectivity index (χ2n) is 4.26. The minimum Gasteiger partial charge on any atom is -0.453 e. The summed E-state index contributed by atoms with van der Waals surface area (Å²) in [5, 5.41) is 0. The highest BCUT2D eigenvalue weighted by Gasteiger charge is 2.05. The van der Waals surface area contributed by atoms with Gasteiger partial charge in [0.2, 0.25) is 0 Å². The quantitative estimate of drug-likeness (QED) is 0.756. The van der Waals surface area contributed by atoms with E-state index in [4.69, 9.17) is 4.42 Å². The molecule has 0 aliphatic rings. The first-order chi connectivity index (χ1) is 8.19. The predicted octanol–water partition coefficient (Wildman–Crippen LogP) is 2.82. The molecule has 0 atom stereocenters. The third kappa shape index (κ3) is 2.82. The van der Waals surface area contributed by atoms with Crippen LogP contribution in [0.5, 0.6) is 0 Å². The molecular formula is C14H15NO2. The van der Waals surface area contributed by atoms with Gasteiger partial charge in [-0.15, -0.1) is 0 Å². The Labute approximate surface area is 101 Å². The third-order valence-electron chi connectivity index (χ3n) is 2.45. The van der Waals surface area contributed by atoms with Gasteiger partial charge in [0.25, 0.3) is 0 Å². The molecule has 0 radical (unpaired) electrons. The van der Waals surface area contributed by atoms with Crippen molar-refractivity contribution in [3.63, 3.8) is 0 Å². The highest BCUT2D eigenvalue weighted by atomic mass is 16.3. The van der Waals surface area contributed by atoms with Crippen LogP contribution in [0.1, 0.15) is 16.1 Å². The summed E-state index contributed by atoms with van der Waals surface area (Å²) in [5.41, 5.74) is 2.22. The average Bonchev–Trinajstić information content (AvgIpc) is 2.77. The van der Waals surface area contributed by atoms with Crippen molar-refractivity contribution < 1.29 is 9.21 Å². The molecule has 0 aliphatic carbocycles. The van der Waals surface area contributed by atoms with Crippen molar-refractivity contribution in [3.05, 3.63) is 47.7 Å². The Balaban J connectivity index is 2.29. The lowest BCUT2D eigenvalue weighted by Gasteiger charge is -2.10. The van der Waals surface area contributed by atoms with Crippen LogP contribution >= 0.6 is 0 Å². The van der Waals surface area contributed by atoms with Crippen LogP contribution in [0.15, 0.2) is 40.8 Å². The first-order valence-corrected chi connectivity index (χ1v) is 5.48. The first-order valence-electron chi connectivity index (χ1n) is 5.48. The minimum absolute atomic E-state index is 0.359. The second kappa shape index (κ2) is 4.97. The first kappa shape index (κ1) is 11.6. The molecule has 17 heavy (non-hydrogen) atoms. The average molecular weight is 229 g/mol. The summed E-state index contributed by atoms with van der Waals surface area (Å²) >= 11 is 0. The van der Waals surface area contributed by atoms with Crippen molar-refractivity contribution in [1.82, 2.24) is 4.90 Å². The zero-order valence-electron chi connectivity index (χ0n) is 10.0. The number of hydrogen-bond donors (Lipinski definition) is 0. The van der Waals surface area contributed by atoms with Crippen LogP contribution in [-0.2, 0) is 6.54 Å². The Morgan fingerprint density at radius 3 is 2.71 bits per heavy atom. The molecule has 0 saturated heterocycles. The molecule has 1 heterocycles. The van der Waals surface area contributed by atoms with Gasteiger partial charge >= 0.3 is 0 Å². The van der Waals surface area contributed by atoms with E-state index in [2.05, 4.69) is 17.0 Å². The van der Waals surface area contributed by atoms with Crippen LogP contribution in [0.4, 0.5) is 0 Å². The van der Waals surface area contributed by atoms with E-state index in [-0.39, 0.29) is 0 Å². The molecule has 0 fully saturated rings. The van der Waals surface area contributed by atoms with E-state index in [0.717, 1.165) is 17.9 Å². The Kier molecular flexibility index (Phi) is 3.40. The molecule has 0 saturated carbocycles. The second-order valence-corrected chi connectivity index (χ2v) is 4.26. The fourth-order valence-corrected chi connectivity index (χ4v) is 1.76. The molecule has 1 aromatic carbocycles. The molecule has 88 valence electrons. The van der Waals surface area contributed by atoms with Gasteiger partial charge in [0.05, 0.1) is 0 Å². The van der Waals surface area contributed by atoms with Crippen LogP contribution in [-0.4, -0.2) is 25.3 Å². The van der Waals surface area contributed by atoms with Gasteiger partial charge in [0, 0.05) is 12.1 Å². The normalized spacial score (nSPS) is 10.8. The van der Waals surface area contributed by atoms with Gasteiger partial charge in [0.15, 0.2) is 12.0 Å². The van der Waals surface area contributed by atoms with Crippen molar-refractivity contribution >= 4 is 6.29 Å². The van der Waals surface area contributed by atoms with E-state index >= 15 is 0 Å². The number of furan rings is 1. The molecule has 3 nitrogen and oxygen atoms in total. The van der Waals surface area contributed by atoms with Crippen LogP contribution in [0.2, 0.25) is 0 Å². The van der Waals surface area contributed by atoms with Crippen molar-refractivity contribution in [2.45, 2.75) is 6.54 Å². The standard InChI is InChI=1S/C14H15NO2/c1-15(2)9-11-4-3-5-12(8-11)14-7-6-13(10-16)17-14/h3-8,10H,9H2,1-2H3. The maximum atomic E-state index is 10.6. The lowest BCUT2D eigenvalue weighted by molar-refractivity contribution is 0.110. The highest BCUT2D eigenvalue weighted by Crippen LogP contribution is 2.22. The zero-order chi connectivity index (χ0) is 12.3. The summed E-state index contributed by atoms with van der Waals surface area (Å²) in [6.45, 7) is 0.884. The molecule has 2 rings (SSSR count). The summed E-state index contributed by atoms with van der Waals surface area (Å²) in [4.78, 5) is 12.7. The molecule has 0 amide bonds. The topological polar surface area (TPSA) is 33.5 Å². The third-order valence-corrected chi connectivity index (χ3v) is 2.45. The van der Waals surface area contributed by atoms with Gasteiger partial charge in [-0.3, -0.25) is 4.79 Å². The number of carbonyl (C=O) groups excluding carboxylic acids is 1. The molecular weight excluding hydrogens is 214 g/mol. The minimum atomic E-state index is 0.359. The Hall–Kier alpha value is -1.87. The van der Waals surface area contributed by atoms with Crippen molar-refractivity contribution in [1.29, 1.82) is 0 Å². The van der Waals surface area contributed by atoms with Crippen LogP contribution in [0.3, 0.4) is 0 Å². The summed E-state index contributed by atoms with van der Waals surface area (Å²) in [5.74, 6) is 1.09. The molecule has 0 N–H and O–H groups in total. The number of benzene rings is 1. The number of hydrogen-bond acceptors (Lipinski definition) is 3. The SMILES string of the molecule is CN(C)Cc1cccc(-c2ccc(C=O)o2)c1. The molecule has 0 aliphatic heterocycles. The molecule has 1 aromatic heterocycles. The van der Waals surface area contributed by atoms with E-state index in [1.807, 2.05) is 32.3 Å². The summed E-state index contributed by atoms with van der Waals surface area (Å²) in [6, 6.07) is 11.6. The van der Waals surface area contributed by atoms with E-state index in [1.54, 1.807) is 6.07 Å². The van der Waals surface area contributed by atoms with Crippen LogP contribution in [0, 0.1) is 0 Å². The van der Waals surface area contributed by atoms with Gasteiger partial charge in [-0.2, -0.15) is 0 Å². The molecule has 3 heteroatoms. The summed E-state index contributed by atoms with van der Waals surface area (Å²) in [7, 11) is 4.06. The van der Waals surface area contributed by atoms with E-state index in [0.29, 0.717) is 12.0 Å². The maximum Gasteiger partial charge on any atom is 0.185 e. The Morgan fingerprint density at radius 1 is 1.24 bits per heavy atom. The fourth-order valence-electron chi connectivity index (χ4n) is 1.76. The molecule has 2 aromatic rings. The monoisotopic (exact) mass is 229 g/mol. The van der Waals surface area contributed by atoms with Gasteiger partial charge in [-0.05, 0) is 37.9 Å². The predicted molar refractivity (Wildman–Crippen MR) is 66.9 cm³/mol. The van der Waals surface area contributed by atoms with Gasteiger partial charge < -0.3 is 9.32 Å². The van der Waals surface area contributed by atoms with Crippen LogP contribution in [0.25, 0.3) is 11.3 Å². The number of aldehydes is 1. The van der Waals surface area contributed by atoms with Gasteiger partial charge in [-0.1, -0.05) is 18.2 Å². The van der Waals surface area contributed by atoms with Crippen LogP contribution < -0.4 is 0 Å². The van der Waals surface area contributed by atoms with Gasteiger partial charge in [0.1, 0.15) is 5.76 Å². The highest BCUT2D eigenvalue weighted by molar-refractivity contribution is 5.72. The number of carbonyl (C=O) groups is 1. The van der Waals surface area contributed by atoms with E-state index < -0.39 is 0 Å².